The number of hydrogen-bond donors (Lipinski definition) is 0. The van der Waals surface area contributed by atoms with Gasteiger partial charge in [0.25, 0.3) is 11.1 Å². The first-order valence-electron chi connectivity index (χ1n) is 10.7. The number of thioether (sulfide) groups is 1. The van der Waals surface area contributed by atoms with Crippen molar-refractivity contribution in [3.05, 3.63) is 98.1 Å². The van der Waals surface area contributed by atoms with E-state index >= 15 is 0 Å². The molecular formula is C26H20Cl2FNO4S. The highest BCUT2D eigenvalue weighted by molar-refractivity contribution is 8.18. The molecule has 0 atom stereocenters. The van der Waals surface area contributed by atoms with Crippen LogP contribution >= 0.6 is 35.0 Å². The van der Waals surface area contributed by atoms with Gasteiger partial charge in [-0.25, -0.2) is 4.39 Å². The fourth-order valence-electron chi connectivity index (χ4n) is 3.37. The molecule has 9 heteroatoms. The van der Waals surface area contributed by atoms with Crippen molar-refractivity contribution in [1.82, 2.24) is 4.90 Å². The highest BCUT2D eigenvalue weighted by Gasteiger charge is 2.36. The molecule has 3 aromatic rings. The Bertz CT molecular complexity index is 1280. The lowest BCUT2D eigenvalue weighted by Crippen LogP contribution is -2.28. The second-order valence-corrected chi connectivity index (χ2v) is 9.36. The summed E-state index contributed by atoms with van der Waals surface area (Å²) in [4.78, 5) is 26.6. The van der Waals surface area contributed by atoms with Gasteiger partial charge in [0.1, 0.15) is 12.4 Å². The summed E-state index contributed by atoms with van der Waals surface area (Å²) in [6, 6.07) is 16.8. The number of imide groups is 1. The van der Waals surface area contributed by atoms with Crippen molar-refractivity contribution in [3.8, 4) is 11.5 Å². The number of benzene rings is 3. The van der Waals surface area contributed by atoms with Crippen LogP contribution in [-0.4, -0.2) is 22.7 Å². The summed E-state index contributed by atoms with van der Waals surface area (Å²) >= 11 is 12.8. The summed E-state index contributed by atoms with van der Waals surface area (Å²) in [6.45, 7) is 2.36. The topological polar surface area (TPSA) is 55.8 Å². The van der Waals surface area contributed by atoms with Crippen LogP contribution in [0.5, 0.6) is 11.5 Å². The minimum absolute atomic E-state index is 0.0959. The zero-order chi connectivity index (χ0) is 24.9. The number of nitrogens with zero attached hydrogens (tertiary/aromatic N) is 1. The number of hydrogen-bond acceptors (Lipinski definition) is 5. The predicted octanol–water partition coefficient (Wildman–Crippen LogP) is 7.35. The van der Waals surface area contributed by atoms with Crippen molar-refractivity contribution >= 4 is 52.2 Å². The van der Waals surface area contributed by atoms with Gasteiger partial charge < -0.3 is 9.47 Å². The van der Waals surface area contributed by atoms with E-state index < -0.39 is 17.0 Å². The minimum atomic E-state index is -0.573. The number of carbonyl (C=O) groups is 2. The number of carbonyl (C=O) groups excluding carboxylic acids is 2. The lowest BCUT2D eigenvalue weighted by atomic mass is 10.1. The molecule has 0 unspecified atom stereocenters. The van der Waals surface area contributed by atoms with Gasteiger partial charge in [0, 0.05) is 15.6 Å². The van der Waals surface area contributed by atoms with E-state index in [0.717, 1.165) is 22.2 Å². The van der Waals surface area contributed by atoms with Crippen LogP contribution in [0.25, 0.3) is 6.08 Å². The minimum Gasteiger partial charge on any atom is -0.490 e. The second-order valence-electron chi connectivity index (χ2n) is 7.52. The number of amides is 2. The van der Waals surface area contributed by atoms with Crippen molar-refractivity contribution in [1.29, 1.82) is 0 Å². The smallest absolute Gasteiger partial charge is 0.293 e. The quantitative estimate of drug-likeness (QED) is 0.284. The molecule has 0 saturated carbocycles. The third-order valence-corrected chi connectivity index (χ3v) is 6.64. The summed E-state index contributed by atoms with van der Waals surface area (Å²) in [6.07, 6.45) is 1.60. The van der Waals surface area contributed by atoms with E-state index in [1.165, 1.54) is 18.2 Å². The van der Waals surface area contributed by atoms with Gasteiger partial charge in [-0.1, -0.05) is 47.5 Å². The molecule has 35 heavy (non-hydrogen) atoms. The highest BCUT2D eigenvalue weighted by atomic mass is 35.5. The Morgan fingerprint density at radius 1 is 1.00 bits per heavy atom. The van der Waals surface area contributed by atoms with E-state index in [9.17, 15) is 14.0 Å². The van der Waals surface area contributed by atoms with Crippen LogP contribution in [0.15, 0.2) is 65.6 Å². The molecule has 0 spiro atoms. The van der Waals surface area contributed by atoms with Crippen molar-refractivity contribution in [3.63, 3.8) is 0 Å². The van der Waals surface area contributed by atoms with Gasteiger partial charge in [-0.3, -0.25) is 14.5 Å². The number of rotatable bonds is 8. The van der Waals surface area contributed by atoms with E-state index in [2.05, 4.69) is 0 Å². The molecule has 0 aromatic heterocycles. The molecule has 1 aliphatic rings. The summed E-state index contributed by atoms with van der Waals surface area (Å²) in [7, 11) is 0. The third kappa shape index (κ3) is 5.99. The standard InChI is InChI=1S/C26H20Cl2FNO4S/c1-2-33-23-12-17(8-11-22(23)34-15-16-6-9-18(27)10-7-16)13-24-25(31)30(26(32)35-24)14-19-20(28)4-3-5-21(19)29/h3-13H,2,14-15H2,1H3/b24-13-. The summed E-state index contributed by atoms with van der Waals surface area (Å²) in [5.41, 5.74) is 1.70. The molecule has 0 radical (unpaired) electrons. The largest absolute Gasteiger partial charge is 0.490 e. The Kier molecular flexibility index (Phi) is 8.00. The molecule has 5 nitrogen and oxygen atoms in total. The lowest BCUT2D eigenvalue weighted by Gasteiger charge is -2.14. The molecule has 0 N–H and O–H groups in total. The van der Waals surface area contributed by atoms with Gasteiger partial charge in [0.2, 0.25) is 0 Å². The fraction of sp³-hybridized carbons (Fsp3) is 0.154. The molecule has 180 valence electrons. The van der Waals surface area contributed by atoms with Crippen molar-refractivity contribution in [2.75, 3.05) is 6.61 Å². The van der Waals surface area contributed by atoms with Gasteiger partial charge in [0.15, 0.2) is 11.5 Å². The first-order valence-corrected chi connectivity index (χ1v) is 12.2. The van der Waals surface area contributed by atoms with Crippen LogP contribution in [0, 0.1) is 5.82 Å². The summed E-state index contributed by atoms with van der Waals surface area (Å²) < 4.78 is 25.8. The molecule has 3 aromatic carbocycles. The zero-order valence-corrected chi connectivity index (χ0v) is 20.9. The number of halogens is 3. The molecule has 1 fully saturated rings. The predicted molar refractivity (Wildman–Crippen MR) is 136 cm³/mol. The Morgan fingerprint density at radius 3 is 2.49 bits per heavy atom. The Hall–Kier alpha value is -3.00. The van der Waals surface area contributed by atoms with Crippen LogP contribution in [-0.2, 0) is 17.9 Å². The maximum absolute atomic E-state index is 14.2. The Labute approximate surface area is 216 Å². The molecule has 0 aliphatic carbocycles. The fourth-order valence-corrected chi connectivity index (χ4v) is 4.56. The number of ether oxygens (including phenoxy) is 2. The van der Waals surface area contributed by atoms with E-state index in [1.54, 1.807) is 36.4 Å². The maximum atomic E-state index is 14.2. The first-order chi connectivity index (χ1) is 16.9. The summed E-state index contributed by atoms with van der Waals surface area (Å²) in [5, 5.41) is 0.312. The van der Waals surface area contributed by atoms with Gasteiger partial charge in [0.05, 0.1) is 18.1 Å². The van der Waals surface area contributed by atoms with Crippen molar-refractivity contribution in [2.45, 2.75) is 20.1 Å². The third-order valence-electron chi connectivity index (χ3n) is 5.12. The van der Waals surface area contributed by atoms with Crippen LogP contribution < -0.4 is 9.47 Å². The molecule has 1 heterocycles. The molecule has 2 amide bonds. The Morgan fingerprint density at radius 2 is 1.77 bits per heavy atom. The van der Waals surface area contributed by atoms with E-state index in [1.807, 2.05) is 19.1 Å². The van der Waals surface area contributed by atoms with Gasteiger partial charge in [-0.2, -0.15) is 0 Å². The van der Waals surface area contributed by atoms with Gasteiger partial charge in [-0.15, -0.1) is 0 Å². The molecule has 4 rings (SSSR count). The van der Waals surface area contributed by atoms with Gasteiger partial charge >= 0.3 is 0 Å². The lowest BCUT2D eigenvalue weighted by molar-refractivity contribution is -0.123. The highest BCUT2D eigenvalue weighted by Crippen LogP contribution is 2.36. The summed E-state index contributed by atoms with van der Waals surface area (Å²) in [5.74, 6) is -0.0368. The average molecular weight is 532 g/mol. The SMILES string of the molecule is CCOc1cc(/C=C2\SC(=O)N(Cc3c(F)cccc3Cl)C2=O)ccc1OCc1ccc(Cl)cc1. The van der Waals surface area contributed by atoms with E-state index in [4.69, 9.17) is 32.7 Å². The zero-order valence-electron chi connectivity index (χ0n) is 18.6. The Balaban J connectivity index is 1.52. The van der Waals surface area contributed by atoms with E-state index in [-0.39, 0.29) is 22.0 Å². The van der Waals surface area contributed by atoms with Crippen LogP contribution in [0.4, 0.5) is 9.18 Å². The van der Waals surface area contributed by atoms with Gasteiger partial charge in [-0.05, 0) is 72.3 Å². The van der Waals surface area contributed by atoms with E-state index in [0.29, 0.717) is 35.3 Å². The normalized spacial score (nSPS) is 14.6. The monoisotopic (exact) mass is 531 g/mol. The molecule has 1 aliphatic heterocycles. The average Bonchev–Trinajstić information content (AvgIpc) is 3.09. The van der Waals surface area contributed by atoms with Crippen molar-refractivity contribution < 1.29 is 23.5 Å². The van der Waals surface area contributed by atoms with Crippen LogP contribution in [0.1, 0.15) is 23.6 Å². The molecular weight excluding hydrogens is 512 g/mol. The second kappa shape index (κ2) is 11.2. The first kappa shape index (κ1) is 25.1. The van der Waals surface area contributed by atoms with Crippen molar-refractivity contribution in [2.24, 2.45) is 0 Å². The maximum Gasteiger partial charge on any atom is 0.293 e. The van der Waals surface area contributed by atoms with Crippen LogP contribution in [0.3, 0.4) is 0 Å². The van der Waals surface area contributed by atoms with Crippen LogP contribution in [0.2, 0.25) is 10.0 Å². The molecule has 1 saturated heterocycles. The molecule has 0 bridgehead atoms.